The van der Waals surface area contributed by atoms with Crippen LogP contribution in [0.25, 0.3) is 22.0 Å². The topological polar surface area (TPSA) is 56.1 Å². The van der Waals surface area contributed by atoms with Gasteiger partial charge in [0.2, 0.25) is 0 Å². The standard InChI is InChI=1S/C21H16BrNO3/c1-3-6-15(24)19-16-11-7-4-5-8-12(11)20(25)17-13(22)9-10-14(18(16)17)23(2)21(19)26/h4-5,7-10H,3,6H2,1-2H3. The Balaban J connectivity index is 2.31. The zero-order valence-corrected chi connectivity index (χ0v) is 16.0. The van der Waals surface area contributed by atoms with Crippen LogP contribution in [0.5, 0.6) is 0 Å². The molecule has 4 nitrogen and oxygen atoms in total. The van der Waals surface area contributed by atoms with Crippen LogP contribution in [0.3, 0.4) is 0 Å². The zero-order chi connectivity index (χ0) is 18.6. The van der Waals surface area contributed by atoms with Gasteiger partial charge in [0, 0.05) is 40.0 Å². The number of benzene rings is 2. The van der Waals surface area contributed by atoms with Gasteiger partial charge >= 0.3 is 0 Å². The number of ketones is 2. The molecule has 0 unspecified atom stereocenters. The van der Waals surface area contributed by atoms with Crippen molar-refractivity contribution in [3.63, 3.8) is 0 Å². The summed E-state index contributed by atoms with van der Waals surface area (Å²) in [6.45, 7) is 1.91. The molecule has 0 radical (unpaired) electrons. The van der Waals surface area contributed by atoms with Crippen molar-refractivity contribution in [1.29, 1.82) is 0 Å². The van der Waals surface area contributed by atoms with Gasteiger partial charge in [0.15, 0.2) is 11.6 Å². The molecule has 5 heteroatoms. The molecule has 3 aromatic rings. The first-order valence-electron chi connectivity index (χ1n) is 8.49. The van der Waals surface area contributed by atoms with Gasteiger partial charge in [-0.1, -0.05) is 47.1 Å². The molecule has 0 atom stereocenters. The number of hydrogen-bond acceptors (Lipinski definition) is 3. The fourth-order valence-corrected chi connectivity index (χ4v) is 4.25. The average molecular weight is 410 g/mol. The highest BCUT2D eigenvalue weighted by atomic mass is 79.9. The first kappa shape index (κ1) is 16.9. The van der Waals surface area contributed by atoms with Crippen LogP contribution < -0.4 is 5.56 Å². The monoisotopic (exact) mass is 409 g/mol. The highest BCUT2D eigenvalue weighted by Crippen LogP contribution is 2.43. The molecule has 1 aromatic heterocycles. The number of pyridine rings is 1. The summed E-state index contributed by atoms with van der Waals surface area (Å²) in [7, 11) is 1.65. The van der Waals surface area contributed by atoms with Crippen LogP contribution in [0.15, 0.2) is 45.7 Å². The highest BCUT2D eigenvalue weighted by Gasteiger charge is 2.32. The molecule has 0 fully saturated rings. The third-order valence-corrected chi connectivity index (χ3v) is 5.60. The maximum atomic E-state index is 13.1. The summed E-state index contributed by atoms with van der Waals surface area (Å²) in [6, 6.07) is 10.8. The molecular formula is C21H16BrNO3. The number of hydrogen-bond donors (Lipinski definition) is 0. The Morgan fingerprint density at radius 3 is 2.42 bits per heavy atom. The lowest BCUT2D eigenvalue weighted by molar-refractivity contribution is 0.0978. The van der Waals surface area contributed by atoms with E-state index in [0.29, 0.717) is 50.5 Å². The van der Waals surface area contributed by atoms with Crippen LogP contribution in [0.2, 0.25) is 0 Å². The van der Waals surface area contributed by atoms with Crippen LogP contribution in [0, 0.1) is 0 Å². The zero-order valence-electron chi connectivity index (χ0n) is 14.4. The fraction of sp³-hybridized carbons (Fsp3) is 0.190. The van der Waals surface area contributed by atoms with Crippen molar-refractivity contribution in [1.82, 2.24) is 4.57 Å². The van der Waals surface area contributed by atoms with Crippen LogP contribution in [0.4, 0.5) is 0 Å². The Bertz CT molecular complexity index is 1170. The Kier molecular flexibility index (Phi) is 3.92. The van der Waals surface area contributed by atoms with Crippen molar-refractivity contribution < 1.29 is 9.59 Å². The molecule has 1 aliphatic carbocycles. The number of halogens is 1. The number of rotatable bonds is 3. The molecule has 26 heavy (non-hydrogen) atoms. The van der Waals surface area contributed by atoms with E-state index < -0.39 is 0 Å². The van der Waals surface area contributed by atoms with E-state index in [1.165, 1.54) is 4.57 Å². The van der Waals surface area contributed by atoms with Crippen molar-refractivity contribution in [3.05, 3.63) is 67.9 Å². The molecule has 0 amide bonds. The minimum Gasteiger partial charge on any atom is -0.311 e. The number of fused-ring (bicyclic) bond motifs is 2. The first-order chi connectivity index (χ1) is 12.5. The Labute approximate surface area is 158 Å². The lowest BCUT2D eigenvalue weighted by Gasteiger charge is -2.24. The van der Waals surface area contributed by atoms with E-state index in [1.807, 2.05) is 25.1 Å². The van der Waals surface area contributed by atoms with Gasteiger partial charge in [-0.2, -0.15) is 0 Å². The number of Topliss-reactive ketones (excluding diaryl/α,β-unsaturated/α-hetero) is 1. The van der Waals surface area contributed by atoms with E-state index in [9.17, 15) is 14.4 Å². The predicted octanol–water partition coefficient (Wildman–Crippen LogP) is 4.50. The molecule has 1 aliphatic rings. The van der Waals surface area contributed by atoms with E-state index in [0.717, 1.165) is 0 Å². The molecule has 0 N–H and O–H groups in total. The van der Waals surface area contributed by atoms with E-state index in [1.54, 1.807) is 25.2 Å². The predicted molar refractivity (Wildman–Crippen MR) is 105 cm³/mol. The van der Waals surface area contributed by atoms with Gasteiger partial charge in [-0.15, -0.1) is 0 Å². The summed E-state index contributed by atoms with van der Waals surface area (Å²) in [6.07, 6.45) is 0.957. The molecule has 0 spiro atoms. The second kappa shape index (κ2) is 6.02. The molecule has 0 bridgehead atoms. The second-order valence-electron chi connectivity index (χ2n) is 6.48. The lowest BCUT2D eigenvalue weighted by atomic mass is 9.81. The van der Waals surface area contributed by atoms with Gasteiger partial charge in [-0.3, -0.25) is 14.4 Å². The van der Waals surface area contributed by atoms with Gasteiger partial charge in [-0.25, -0.2) is 0 Å². The Morgan fingerprint density at radius 2 is 1.73 bits per heavy atom. The number of aromatic nitrogens is 1. The molecule has 2 aromatic carbocycles. The molecule has 0 saturated heterocycles. The third kappa shape index (κ3) is 2.16. The quantitative estimate of drug-likeness (QED) is 0.468. The first-order valence-corrected chi connectivity index (χ1v) is 9.29. The maximum Gasteiger partial charge on any atom is 0.262 e. The van der Waals surface area contributed by atoms with Crippen LogP contribution in [0.1, 0.15) is 46.0 Å². The van der Waals surface area contributed by atoms with Gasteiger partial charge in [0.25, 0.3) is 5.56 Å². The van der Waals surface area contributed by atoms with E-state index in [-0.39, 0.29) is 22.7 Å². The molecule has 130 valence electrons. The normalized spacial score (nSPS) is 12.3. The van der Waals surface area contributed by atoms with Gasteiger partial charge in [-0.05, 0) is 24.1 Å². The summed E-state index contributed by atoms with van der Waals surface area (Å²) in [4.78, 5) is 39.0. The van der Waals surface area contributed by atoms with Crippen molar-refractivity contribution in [2.45, 2.75) is 19.8 Å². The Morgan fingerprint density at radius 1 is 1.04 bits per heavy atom. The largest absolute Gasteiger partial charge is 0.311 e. The van der Waals surface area contributed by atoms with Crippen LogP contribution in [-0.4, -0.2) is 16.1 Å². The van der Waals surface area contributed by atoms with Gasteiger partial charge in [0.1, 0.15) is 0 Å². The molecule has 0 aliphatic heterocycles. The average Bonchev–Trinajstić information content (AvgIpc) is 2.63. The second-order valence-corrected chi connectivity index (χ2v) is 7.33. The highest BCUT2D eigenvalue weighted by molar-refractivity contribution is 9.10. The number of carbonyl (C=O) groups excluding carboxylic acids is 2. The van der Waals surface area contributed by atoms with Gasteiger partial charge < -0.3 is 4.57 Å². The van der Waals surface area contributed by atoms with Gasteiger partial charge in [0.05, 0.1) is 11.1 Å². The summed E-state index contributed by atoms with van der Waals surface area (Å²) < 4.78 is 2.14. The summed E-state index contributed by atoms with van der Waals surface area (Å²) in [5.41, 5.74) is 2.80. The number of carbonyl (C=O) groups is 2. The molecule has 0 saturated carbocycles. The number of nitrogens with zero attached hydrogens (tertiary/aromatic N) is 1. The van der Waals surface area contributed by atoms with E-state index in [2.05, 4.69) is 15.9 Å². The minimum atomic E-state index is -0.316. The third-order valence-electron chi connectivity index (χ3n) is 4.94. The lowest BCUT2D eigenvalue weighted by Crippen LogP contribution is -2.28. The maximum absolute atomic E-state index is 13.1. The summed E-state index contributed by atoms with van der Waals surface area (Å²) >= 11 is 3.48. The molecular weight excluding hydrogens is 394 g/mol. The smallest absolute Gasteiger partial charge is 0.262 e. The SMILES string of the molecule is CCCC(=O)c1c2c3c(c(Br)ccc3n(C)c1=O)C(=O)c1ccccc1-2. The number of aryl methyl sites for hydroxylation is 1. The molecule has 1 heterocycles. The Hall–Kier alpha value is -2.53. The summed E-state index contributed by atoms with van der Waals surface area (Å²) in [5, 5.41) is 0.671. The fourth-order valence-electron chi connectivity index (χ4n) is 3.74. The molecule has 4 rings (SSSR count). The van der Waals surface area contributed by atoms with Crippen molar-refractivity contribution in [2.24, 2.45) is 7.05 Å². The van der Waals surface area contributed by atoms with Crippen LogP contribution >= 0.6 is 15.9 Å². The van der Waals surface area contributed by atoms with Crippen molar-refractivity contribution in [3.8, 4) is 11.1 Å². The summed E-state index contributed by atoms with van der Waals surface area (Å²) in [5.74, 6) is -0.279. The van der Waals surface area contributed by atoms with Crippen molar-refractivity contribution >= 4 is 38.4 Å². The van der Waals surface area contributed by atoms with E-state index >= 15 is 0 Å². The van der Waals surface area contributed by atoms with Crippen molar-refractivity contribution in [2.75, 3.05) is 0 Å². The van der Waals surface area contributed by atoms with Crippen LogP contribution in [-0.2, 0) is 7.05 Å². The van der Waals surface area contributed by atoms with E-state index in [4.69, 9.17) is 0 Å². The minimum absolute atomic E-state index is 0.0990.